The second kappa shape index (κ2) is 10.5. The zero-order chi connectivity index (χ0) is 19.6. The number of benzene rings is 1. The van der Waals surface area contributed by atoms with Crippen molar-refractivity contribution in [3.8, 4) is 0 Å². The molecule has 0 atom stereocenters. The highest BCUT2D eigenvalue weighted by Gasteiger charge is 2.07. The van der Waals surface area contributed by atoms with E-state index in [4.69, 9.17) is 0 Å². The van der Waals surface area contributed by atoms with Crippen LogP contribution in [0.3, 0.4) is 0 Å². The van der Waals surface area contributed by atoms with Crippen molar-refractivity contribution >= 4 is 23.0 Å². The van der Waals surface area contributed by atoms with Crippen molar-refractivity contribution in [1.82, 2.24) is 15.2 Å². The second-order valence-corrected chi connectivity index (χ2v) is 6.69. The molecule has 0 bridgehead atoms. The summed E-state index contributed by atoms with van der Waals surface area (Å²) in [7, 11) is 4.04. The van der Waals surface area contributed by atoms with Gasteiger partial charge in [-0.2, -0.15) is 0 Å². The van der Waals surface area contributed by atoms with E-state index >= 15 is 0 Å². The highest BCUT2D eigenvalue weighted by Crippen LogP contribution is 2.20. The number of carbonyl (C=O) groups is 1. The van der Waals surface area contributed by atoms with Crippen molar-refractivity contribution in [3.05, 3.63) is 48.3 Å². The van der Waals surface area contributed by atoms with E-state index in [1.807, 2.05) is 20.2 Å². The topological polar surface area (TPSA) is 60.5 Å². The minimum absolute atomic E-state index is 0.135. The monoisotopic (exact) mass is 369 g/mol. The highest BCUT2D eigenvalue weighted by molar-refractivity contribution is 5.92. The van der Waals surface area contributed by atoms with Crippen LogP contribution in [0.15, 0.2) is 42.6 Å². The fraction of sp³-hybridized carbons (Fsp3) is 0.429. The van der Waals surface area contributed by atoms with E-state index in [2.05, 4.69) is 63.5 Å². The molecular weight excluding hydrogens is 338 g/mol. The molecular formula is C21H31N5O. The standard InChI is InChI=1S/C21H31N5O/c1-5-26(6-2)19-11-8-17(9-12-19)24-18-10-13-20(23-16-18)21(27)22-14-7-15-25(3)4/h8-13,16,24H,5-7,14-15H2,1-4H3,(H,22,27). The van der Waals surface area contributed by atoms with Gasteiger partial charge in [-0.25, -0.2) is 4.98 Å². The zero-order valence-electron chi connectivity index (χ0n) is 16.8. The van der Waals surface area contributed by atoms with E-state index in [9.17, 15) is 4.79 Å². The maximum Gasteiger partial charge on any atom is 0.269 e. The molecule has 27 heavy (non-hydrogen) atoms. The molecule has 0 saturated heterocycles. The number of aromatic nitrogens is 1. The summed E-state index contributed by atoms with van der Waals surface area (Å²) in [6.45, 7) is 7.89. The Balaban J connectivity index is 1.88. The van der Waals surface area contributed by atoms with Crippen molar-refractivity contribution in [3.63, 3.8) is 0 Å². The first-order valence-electron chi connectivity index (χ1n) is 9.54. The molecule has 6 heteroatoms. The van der Waals surface area contributed by atoms with Crippen LogP contribution in [0.1, 0.15) is 30.8 Å². The quantitative estimate of drug-likeness (QED) is 0.629. The number of rotatable bonds is 10. The van der Waals surface area contributed by atoms with Gasteiger partial charge in [0.25, 0.3) is 5.91 Å². The van der Waals surface area contributed by atoms with Gasteiger partial charge in [0.15, 0.2) is 0 Å². The van der Waals surface area contributed by atoms with Crippen LogP contribution in [0, 0.1) is 0 Å². The van der Waals surface area contributed by atoms with Gasteiger partial charge < -0.3 is 20.4 Å². The van der Waals surface area contributed by atoms with E-state index in [1.54, 1.807) is 12.3 Å². The van der Waals surface area contributed by atoms with Gasteiger partial charge in [0, 0.05) is 31.0 Å². The number of hydrogen-bond acceptors (Lipinski definition) is 5. The van der Waals surface area contributed by atoms with Crippen molar-refractivity contribution in [2.45, 2.75) is 20.3 Å². The predicted molar refractivity (Wildman–Crippen MR) is 113 cm³/mol. The Morgan fingerprint density at radius 2 is 1.67 bits per heavy atom. The zero-order valence-corrected chi connectivity index (χ0v) is 16.8. The van der Waals surface area contributed by atoms with Crippen molar-refractivity contribution < 1.29 is 4.79 Å². The lowest BCUT2D eigenvalue weighted by Crippen LogP contribution is -2.27. The average Bonchev–Trinajstić information content (AvgIpc) is 2.68. The lowest BCUT2D eigenvalue weighted by molar-refractivity contribution is 0.0947. The number of nitrogens with zero attached hydrogens (tertiary/aromatic N) is 3. The third-order valence-electron chi connectivity index (χ3n) is 4.35. The van der Waals surface area contributed by atoms with Gasteiger partial charge in [-0.3, -0.25) is 4.79 Å². The first-order chi connectivity index (χ1) is 13.0. The Labute approximate surface area is 162 Å². The maximum atomic E-state index is 12.1. The lowest BCUT2D eigenvalue weighted by Gasteiger charge is -2.21. The number of pyridine rings is 1. The third-order valence-corrected chi connectivity index (χ3v) is 4.35. The van der Waals surface area contributed by atoms with Gasteiger partial charge >= 0.3 is 0 Å². The molecule has 2 rings (SSSR count). The number of nitrogens with one attached hydrogen (secondary N) is 2. The van der Waals surface area contributed by atoms with Gasteiger partial charge in [-0.1, -0.05) is 0 Å². The molecule has 0 fully saturated rings. The van der Waals surface area contributed by atoms with Crippen LogP contribution in [0.25, 0.3) is 0 Å². The number of carbonyl (C=O) groups excluding carboxylic acids is 1. The van der Waals surface area contributed by atoms with Crippen molar-refractivity contribution in [2.24, 2.45) is 0 Å². The molecule has 1 aromatic heterocycles. The predicted octanol–water partition coefficient (Wildman–Crippen LogP) is 3.35. The molecule has 0 aliphatic carbocycles. The van der Waals surface area contributed by atoms with Gasteiger partial charge in [0.2, 0.25) is 0 Å². The molecule has 146 valence electrons. The first-order valence-corrected chi connectivity index (χ1v) is 9.54. The fourth-order valence-electron chi connectivity index (χ4n) is 2.80. The molecule has 1 amide bonds. The summed E-state index contributed by atoms with van der Waals surface area (Å²) < 4.78 is 0. The summed E-state index contributed by atoms with van der Waals surface area (Å²) in [4.78, 5) is 20.8. The normalized spacial score (nSPS) is 10.7. The van der Waals surface area contributed by atoms with Crippen molar-refractivity contribution in [2.75, 3.05) is 50.5 Å². The van der Waals surface area contributed by atoms with E-state index in [1.165, 1.54) is 5.69 Å². The minimum Gasteiger partial charge on any atom is -0.372 e. The van der Waals surface area contributed by atoms with Crippen LogP contribution in [0.5, 0.6) is 0 Å². The van der Waals surface area contributed by atoms with Gasteiger partial charge in [0.05, 0.1) is 11.9 Å². The average molecular weight is 370 g/mol. The summed E-state index contributed by atoms with van der Waals surface area (Å²) in [5.41, 5.74) is 3.50. The summed E-state index contributed by atoms with van der Waals surface area (Å²) in [5, 5.41) is 6.22. The van der Waals surface area contributed by atoms with E-state index < -0.39 is 0 Å². The maximum absolute atomic E-state index is 12.1. The van der Waals surface area contributed by atoms with Crippen LogP contribution in [-0.4, -0.2) is 56.1 Å². The molecule has 2 N–H and O–H groups in total. The molecule has 0 aliphatic rings. The van der Waals surface area contributed by atoms with Gasteiger partial charge in [-0.05, 0) is 77.3 Å². The van der Waals surface area contributed by atoms with Gasteiger partial charge in [0.1, 0.15) is 5.69 Å². The van der Waals surface area contributed by atoms with E-state index in [-0.39, 0.29) is 5.91 Å². The van der Waals surface area contributed by atoms with Crippen LogP contribution < -0.4 is 15.5 Å². The molecule has 0 unspecified atom stereocenters. The highest BCUT2D eigenvalue weighted by atomic mass is 16.1. The fourth-order valence-corrected chi connectivity index (χ4v) is 2.80. The van der Waals surface area contributed by atoms with E-state index in [0.29, 0.717) is 12.2 Å². The lowest BCUT2D eigenvalue weighted by atomic mass is 10.2. The molecule has 1 aromatic carbocycles. The SMILES string of the molecule is CCN(CC)c1ccc(Nc2ccc(C(=O)NCCCN(C)C)nc2)cc1. The molecule has 2 aromatic rings. The molecule has 0 aliphatic heterocycles. The minimum atomic E-state index is -0.135. The Morgan fingerprint density at radius 3 is 2.22 bits per heavy atom. The Kier molecular flexibility index (Phi) is 8.07. The van der Waals surface area contributed by atoms with Crippen molar-refractivity contribution in [1.29, 1.82) is 0 Å². The molecule has 0 spiro atoms. The Hall–Kier alpha value is -2.60. The second-order valence-electron chi connectivity index (χ2n) is 6.69. The Morgan fingerprint density at radius 1 is 1.00 bits per heavy atom. The number of hydrogen-bond donors (Lipinski definition) is 2. The third kappa shape index (κ3) is 6.57. The number of anilines is 3. The van der Waals surface area contributed by atoms with Gasteiger partial charge in [-0.15, -0.1) is 0 Å². The Bertz CT molecular complexity index is 694. The smallest absolute Gasteiger partial charge is 0.269 e. The molecule has 1 heterocycles. The van der Waals surface area contributed by atoms with E-state index in [0.717, 1.165) is 37.4 Å². The molecule has 0 radical (unpaired) electrons. The summed E-state index contributed by atoms with van der Waals surface area (Å²) in [6, 6.07) is 11.9. The van der Waals surface area contributed by atoms with Crippen LogP contribution in [0.2, 0.25) is 0 Å². The number of amides is 1. The summed E-state index contributed by atoms with van der Waals surface area (Å²) in [5.74, 6) is -0.135. The van der Waals surface area contributed by atoms with Crippen LogP contribution >= 0.6 is 0 Å². The molecule has 6 nitrogen and oxygen atoms in total. The largest absolute Gasteiger partial charge is 0.372 e. The summed E-state index contributed by atoms with van der Waals surface area (Å²) in [6.07, 6.45) is 2.61. The summed E-state index contributed by atoms with van der Waals surface area (Å²) >= 11 is 0. The van der Waals surface area contributed by atoms with Crippen LogP contribution in [0.4, 0.5) is 17.1 Å². The first kappa shape index (κ1) is 20.7. The van der Waals surface area contributed by atoms with Crippen LogP contribution in [-0.2, 0) is 0 Å². The molecule has 0 saturated carbocycles.